The van der Waals surface area contributed by atoms with Gasteiger partial charge in [-0.15, -0.1) is 0 Å². The molecular formula is C30H50O. The van der Waals surface area contributed by atoms with Crippen molar-refractivity contribution in [2.45, 2.75) is 130 Å². The predicted octanol–water partition coefficient (Wildman–Crippen LogP) is 9.31. The third kappa shape index (κ3) is 8.08. The highest BCUT2D eigenvalue weighted by Gasteiger charge is 2.39. The second kappa shape index (κ2) is 12.8. The molecule has 0 amide bonds. The summed E-state index contributed by atoms with van der Waals surface area (Å²) in [7, 11) is 0. The molecule has 0 spiro atoms. The van der Waals surface area contributed by atoms with Crippen LogP contribution in [0.4, 0.5) is 0 Å². The van der Waals surface area contributed by atoms with E-state index in [2.05, 4.69) is 66.3 Å². The molecule has 0 radical (unpaired) electrons. The van der Waals surface area contributed by atoms with Crippen LogP contribution in [0.3, 0.4) is 0 Å². The van der Waals surface area contributed by atoms with Gasteiger partial charge in [-0.25, -0.2) is 0 Å². The third-order valence-electron chi connectivity index (χ3n) is 7.18. The van der Waals surface area contributed by atoms with Gasteiger partial charge in [-0.2, -0.15) is 0 Å². The maximum absolute atomic E-state index is 6.86. The average Bonchev–Trinajstić information content (AvgIpc) is 2.69. The predicted molar refractivity (Wildman–Crippen MR) is 138 cm³/mol. The molecule has 0 aliphatic carbocycles. The van der Waals surface area contributed by atoms with E-state index in [1.54, 1.807) is 0 Å². The lowest BCUT2D eigenvalue weighted by Gasteiger charge is -2.45. The van der Waals surface area contributed by atoms with Crippen molar-refractivity contribution in [2.75, 3.05) is 0 Å². The van der Waals surface area contributed by atoms with Crippen LogP contribution in [0, 0.1) is 18.8 Å². The Hall–Kier alpha value is -1.08. The molecule has 1 aliphatic heterocycles. The van der Waals surface area contributed by atoms with Crippen molar-refractivity contribution >= 4 is 5.57 Å². The minimum absolute atomic E-state index is 0.101. The standard InChI is InChI=1S/C30H50O/c1-8-12-26-21-29(13-9-2)31-30(22-26,17-10-3)18-11-14-24(6)28-16-15-27(19-23(4)5)25(7)20-28/h15-16,20,23,26,29H,6,8-14,17-19,21-22H2,1-5,7H3. The summed E-state index contributed by atoms with van der Waals surface area (Å²) < 4.78 is 6.86. The second-order valence-electron chi connectivity index (χ2n) is 10.8. The minimum atomic E-state index is 0.101. The molecule has 2 rings (SSSR count). The van der Waals surface area contributed by atoms with E-state index in [4.69, 9.17) is 4.74 Å². The van der Waals surface area contributed by atoms with Crippen molar-refractivity contribution in [1.29, 1.82) is 0 Å². The van der Waals surface area contributed by atoms with E-state index in [1.807, 2.05) is 0 Å². The van der Waals surface area contributed by atoms with Crippen LogP contribution >= 0.6 is 0 Å². The summed E-state index contributed by atoms with van der Waals surface area (Å²) in [6.45, 7) is 18.3. The first-order valence-corrected chi connectivity index (χ1v) is 13.3. The zero-order chi connectivity index (χ0) is 22.9. The number of ether oxygens (including phenoxy) is 1. The van der Waals surface area contributed by atoms with Crippen LogP contribution in [0.25, 0.3) is 5.57 Å². The third-order valence-corrected chi connectivity index (χ3v) is 7.18. The number of hydrogen-bond acceptors (Lipinski definition) is 1. The van der Waals surface area contributed by atoms with E-state index in [-0.39, 0.29) is 5.60 Å². The fourth-order valence-electron chi connectivity index (χ4n) is 5.81. The summed E-state index contributed by atoms with van der Waals surface area (Å²) in [5, 5.41) is 0. The molecule has 0 N–H and O–H groups in total. The Kier molecular flexibility index (Phi) is 10.8. The van der Waals surface area contributed by atoms with Crippen LogP contribution in [0.1, 0.15) is 122 Å². The van der Waals surface area contributed by atoms with Gasteiger partial charge in [-0.3, -0.25) is 0 Å². The Morgan fingerprint density at radius 2 is 1.84 bits per heavy atom. The molecule has 1 fully saturated rings. The van der Waals surface area contributed by atoms with Crippen LogP contribution in [0.2, 0.25) is 0 Å². The number of allylic oxidation sites excluding steroid dienone is 1. The molecule has 1 heteroatoms. The van der Waals surface area contributed by atoms with E-state index in [9.17, 15) is 0 Å². The molecule has 3 unspecified atom stereocenters. The lowest BCUT2D eigenvalue weighted by atomic mass is 9.76. The molecule has 31 heavy (non-hydrogen) atoms. The Bertz CT molecular complexity index is 657. The lowest BCUT2D eigenvalue weighted by molar-refractivity contribution is -0.157. The molecule has 1 aliphatic rings. The number of hydrogen-bond donors (Lipinski definition) is 0. The van der Waals surface area contributed by atoms with Crippen LogP contribution in [0.15, 0.2) is 24.8 Å². The molecule has 1 aromatic rings. The first-order valence-electron chi connectivity index (χ1n) is 13.3. The first kappa shape index (κ1) is 26.2. The second-order valence-corrected chi connectivity index (χ2v) is 10.8. The van der Waals surface area contributed by atoms with E-state index >= 15 is 0 Å². The molecule has 0 saturated carbocycles. The summed E-state index contributed by atoms with van der Waals surface area (Å²) in [6, 6.07) is 6.97. The largest absolute Gasteiger partial charge is 0.372 e. The van der Waals surface area contributed by atoms with Gasteiger partial charge < -0.3 is 4.74 Å². The zero-order valence-corrected chi connectivity index (χ0v) is 21.6. The Morgan fingerprint density at radius 1 is 1.10 bits per heavy atom. The molecule has 176 valence electrons. The Balaban J connectivity index is 2.01. The fraction of sp³-hybridized carbons (Fsp3) is 0.733. The fourth-order valence-corrected chi connectivity index (χ4v) is 5.81. The van der Waals surface area contributed by atoms with Gasteiger partial charge in [0.1, 0.15) is 0 Å². The summed E-state index contributed by atoms with van der Waals surface area (Å²) >= 11 is 0. The lowest BCUT2D eigenvalue weighted by Crippen LogP contribution is -2.44. The van der Waals surface area contributed by atoms with Gasteiger partial charge in [0.2, 0.25) is 0 Å². The smallest absolute Gasteiger partial charge is 0.0689 e. The SMILES string of the molecule is C=C(CCCC1(CCC)CC(CCC)CC(CCC)O1)c1ccc(CC(C)C)c(C)c1. The van der Waals surface area contributed by atoms with Crippen molar-refractivity contribution in [2.24, 2.45) is 11.8 Å². The summed E-state index contributed by atoms with van der Waals surface area (Å²) in [4.78, 5) is 0. The minimum Gasteiger partial charge on any atom is -0.372 e. The van der Waals surface area contributed by atoms with Crippen LogP contribution in [-0.2, 0) is 11.2 Å². The zero-order valence-electron chi connectivity index (χ0n) is 21.6. The van der Waals surface area contributed by atoms with Gasteiger partial charge in [0.25, 0.3) is 0 Å². The van der Waals surface area contributed by atoms with Crippen LogP contribution < -0.4 is 0 Å². The van der Waals surface area contributed by atoms with Gasteiger partial charge in [0.15, 0.2) is 0 Å². The van der Waals surface area contributed by atoms with Crippen molar-refractivity contribution < 1.29 is 4.74 Å². The Morgan fingerprint density at radius 3 is 2.45 bits per heavy atom. The Labute approximate surface area is 194 Å². The molecule has 1 heterocycles. The van der Waals surface area contributed by atoms with Gasteiger partial charge in [0, 0.05) is 0 Å². The van der Waals surface area contributed by atoms with Gasteiger partial charge in [0.05, 0.1) is 11.7 Å². The highest BCUT2D eigenvalue weighted by molar-refractivity contribution is 5.64. The molecule has 1 nitrogen and oxygen atoms in total. The molecule has 0 bridgehead atoms. The van der Waals surface area contributed by atoms with Gasteiger partial charge in [-0.05, 0) is 92.4 Å². The maximum atomic E-state index is 6.86. The first-order chi connectivity index (χ1) is 14.8. The average molecular weight is 427 g/mol. The van der Waals surface area contributed by atoms with Crippen molar-refractivity contribution in [3.63, 3.8) is 0 Å². The molecular weight excluding hydrogens is 376 g/mol. The van der Waals surface area contributed by atoms with Crippen molar-refractivity contribution in [3.05, 3.63) is 41.5 Å². The highest BCUT2D eigenvalue weighted by Crippen LogP contribution is 2.42. The summed E-state index contributed by atoms with van der Waals surface area (Å²) in [6.07, 6.45) is 15.2. The van der Waals surface area contributed by atoms with Crippen molar-refractivity contribution in [1.82, 2.24) is 0 Å². The molecule has 3 atom stereocenters. The normalized spacial score (nSPS) is 24.0. The van der Waals surface area contributed by atoms with Crippen LogP contribution in [0.5, 0.6) is 0 Å². The van der Waals surface area contributed by atoms with Gasteiger partial charge >= 0.3 is 0 Å². The summed E-state index contributed by atoms with van der Waals surface area (Å²) in [5.74, 6) is 1.55. The molecule has 0 aromatic heterocycles. The van der Waals surface area contributed by atoms with Gasteiger partial charge in [-0.1, -0.05) is 85.1 Å². The quantitative estimate of drug-likeness (QED) is 0.305. The van der Waals surface area contributed by atoms with E-state index < -0.39 is 0 Å². The van der Waals surface area contributed by atoms with E-state index in [0.29, 0.717) is 12.0 Å². The van der Waals surface area contributed by atoms with E-state index in [0.717, 1.165) is 18.8 Å². The number of rotatable bonds is 13. The van der Waals surface area contributed by atoms with Crippen LogP contribution in [-0.4, -0.2) is 11.7 Å². The summed E-state index contributed by atoms with van der Waals surface area (Å²) in [5.41, 5.74) is 5.61. The molecule has 1 aromatic carbocycles. The highest BCUT2D eigenvalue weighted by atomic mass is 16.5. The topological polar surface area (TPSA) is 9.23 Å². The number of aryl methyl sites for hydroxylation is 1. The van der Waals surface area contributed by atoms with E-state index in [1.165, 1.54) is 86.5 Å². The molecule has 1 saturated heterocycles. The number of benzene rings is 1. The van der Waals surface area contributed by atoms with Crippen molar-refractivity contribution in [3.8, 4) is 0 Å². The maximum Gasteiger partial charge on any atom is 0.0689 e. The monoisotopic (exact) mass is 426 g/mol.